The Labute approximate surface area is 168 Å². The number of benzene rings is 2. The van der Waals surface area contributed by atoms with Gasteiger partial charge in [0.1, 0.15) is 5.75 Å². The third kappa shape index (κ3) is 4.29. The molecule has 0 saturated heterocycles. The smallest absolute Gasteiger partial charge is 0.343 e. The van der Waals surface area contributed by atoms with Gasteiger partial charge in [0.05, 0.1) is 23.8 Å². The molecule has 1 unspecified atom stereocenters. The number of carbonyl (C=O) groups is 3. The maximum absolute atomic E-state index is 12.5. The molecule has 0 bridgehead atoms. The fourth-order valence-corrected chi connectivity index (χ4v) is 3.03. The van der Waals surface area contributed by atoms with Crippen molar-refractivity contribution in [2.24, 2.45) is 0 Å². The quantitative estimate of drug-likeness (QED) is 0.620. The third-order valence-corrected chi connectivity index (χ3v) is 4.68. The van der Waals surface area contributed by atoms with Crippen LogP contribution in [0, 0.1) is 0 Å². The highest BCUT2D eigenvalue weighted by Crippen LogP contribution is 2.31. The molecule has 3 rings (SSSR count). The van der Waals surface area contributed by atoms with Gasteiger partial charge in [-0.15, -0.1) is 0 Å². The van der Waals surface area contributed by atoms with Gasteiger partial charge in [-0.05, 0) is 43.7 Å². The van der Waals surface area contributed by atoms with Crippen LogP contribution in [-0.4, -0.2) is 36.5 Å². The van der Waals surface area contributed by atoms with Crippen molar-refractivity contribution in [1.29, 1.82) is 0 Å². The van der Waals surface area contributed by atoms with E-state index in [0.29, 0.717) is 28.1 Å². The van der Waals surface area contributed by atoms with Crippen molar-refractivity contribution >= 4 is 18.0 Å². The SMILES string of the molecule is CCOC(=O)C1=C(C)N(C)C(=O)NC1c1ccc(OC(=O)c2ccccc2)cc1. The van der Waals surface area contributed by atoms with Crippen LogP contribution in [0.2, 0.25) is 0 Å². The summed E-state index contributed by atoms with van der Waals surface area (Å²) in [6.07, 6.45) is 0. The maximum Gasteiger partial charge on any atom is 0.343 e. The van der Waals surface area contributed by atoms with Gasteiger partial charge in [-0.2, -0.15) is 0 Å². The second-order valence-electron chi connectivity index (χ2n) is 6.49. The van der Waals surface area contributed by atoms with Crippen molar-refractivity contribution in [1.82, 2.24) is 10.2 Å². The summed E-state index contributed by atoms with van der Waals surface area (Å²) in [4.78, 5) is 38.3. The first-order chi connectivity index (χ1) is 13.9. The Morgan fingerprint density at radius 2 is 1.69 bits per heavy atom. The van der Waals surface area contributed by atoms with Crippen LogP contribution in [-0.2, 0) is 9.53 Å². The number of nitrogens with zero attached hydrogens (tertiary/aromatic N) is 1. The summed E-state index contributed by atoms with van der Waals surface area (Å²) in [6, 6.07) is 14.4. The van der Waals surface area contributed by atoms with E-state index < -0.39 is 18.0 Å². The first-order valence-corrected chi connectivity index (χ1v) is 9.21. The van der Waals surface area contributed by atoms with Crippen molar-refractivity contribution < 1.29 is 23.9 Å². The van der Waals surface area contributed by atoms with Gasteiger partial charge in [-0.3, -0.25) is 0 Å². The van der Waals surface area contributed by atoms with Crippen LogP contribution in [0.1, 0.15) is 35.8 Å². The van der Waals surface area contributed by atoms with Crippen molar-refractivity contribution in [2.75, 3.05) is 13.7 Å². The number of allylic oxidation sites excluding steroid dienone is 1. The highest BCUT2D eigenvalue weighted by Gasteiger charge is 2.34. The lowest BCUT2D eigenvalue weighted by atomic mass is 9.95. The number of urea groups is 1. The minimum Gasteiger partial charge on any atom is -0.463 e. The number of hydrogen-bond acceptors (Lipinski definition) is 5. The van der Waals surface area contributed by atoms with E-state index >= 15 is 0 Å². The molecule has 2 aromatic carbocycles. The van der Waals surface area contributed by atoms with Crippen molar-refractivity contribution in [2.45, 2.75) is 19.9 Å². The molecule has 1 heterocycles. The number of esters is 2. The molecule has 1 aliphatic rings. The molecular formula is C22H22N2O5. The van der Waals surface area contributed by atoms with Crippen LogP contribution in [0.4, 0.5) is 4.79 Å². The molecule has 1 atom stereocenters. The van der Waals surface area contributed by atoms with E-state index in [1.54, 1.807) is 69.4 Å². The van der Waals surface area contributed by atoms with Gasteiger partial charge in [0.25, 0.3) is 0 Å². The Hall–Kier alpha value is -3.61. The zero-order chi connectivity index (χ0) is 21.0. The number of hydrogen-bond donors (Lipinski definition) is 1. The van der Waals surface area contributed by atoms with Gasteiger partial charge in [0, 0.05) is 12.7 Å². The van der Waals surface area contributed by atoms with Crippen molar-refractivity contribution in [3.05, 3.63) is 77.0 Å². The molecule has 0 aliphatic carbocycles. The van der Waals surface area contributed by atoms with Crippen LogP contribution in [0.15, 0.2) is 65.9 Å². The molecule has 0 aromatic heterocycles. The molecule has 0 radical (unpaired) electrons. The molecular weight excluding hydrogens is 372 g/mol. The monoisotopic (exact) mass is 394 g/mol. The maximum atomic E-state index is 12.5. The Kier molecular flexibility index (Phi) is 5.97. The summed E-state index contributed by atoms with van der Waals surface area (Å²) >= 11 is 0. The zero-order valence-electron chi connectivity index (χ0n) is 16.5. The lowest BCUT2D eigenvalue weighted by Crippen LogP contribution is -2.46. The Bertz CT molecular complexity index is 951. The van der Waals surface area contributed by atoms with Gasteiger partial charge in [0.2, 0.25) is 0 Å². The lowest BCUT2D eigenvalue weighted by molar-refractivity contribution is -0.139. The largest absolute Gasteiger partial charge is 0.463 e. The van der Waals surface area contributed by atoms with E-state index in [1.807, 2.05) is 6.07 Å². The summed E-state index contributed by atoms with van der Waals surface area (Å²) in [5.74, 6) is -0.587. The summed E-state index contributed by atoms with van der Waals surface area (Å²) in [6.45, 7) is 3.66. The van der Waals surface area contributed by atoms with Crippen LogP contribution < -0.4 is 10.1 Å². The Balaban J connectivity index is 1.84. The summed E-state index contributed by atoms with van der Waals surface area (Å²) in [5, 5.41) is 2.81. The summed E-state index contributed by atoms with van der Waals surface area (Å²) in [5.41, 5.74) is 2.01. The number of carbonyl (C=O) groups excluding carboxylic acids is 3. The van der Waals surface area contributed by atoms with E-state index in [1.165, 1.54) is 4.90 Å². The van der Waals surface area contributed by atoms with Gasteiger partial charge in [0.15, 0.2) is 0 Å². The van der Waals surface area contributed by atoms with Gasteiger partial charge < -0.3 is 19.7 Å². The van der Waals surface area contributed by atoms with E-state index in [0.717, 1.165) is 0 Å². The fourth-order valence-electron chi connectivity index (χ4n) is 3.03. The minimum absolute atomic E-state index is 0.231. The summed E-state index contributed by atoms with van der Waals surface area (Å²) < 4.78 is 10.5. The van der Waals surface area contributed by atoms with Gasteiger partial charge >= 0.3 is 18.0 Å². The van der Waals surface area contributed by atoms with Crippen LogP contribution >= 0.6 is 0 Å². The third-order valence-electron chi connectivity index (χ3n) is 4.68. The van der Waals surface area contributed by atoms with Crippen LogP contribution in [0.25, 0.3) is 0 Å². The normalized spacial score (nSPS) is 16.3. The number of rotatable bonds is 5. The lowest BCUT2D eigenvalue weighted by Gasteiger charge is -2.33. The average molecular weight is 394 g/mol. The van der Waals surface area contributed by atoms with E-state index in [2.05, 4.69) is 5.32 Å². The van der Waals surface area contributed by atoms with Gasteiger partial charge in [-0.1, -0.05) is 30.3 Å². The van der Waals surface area contributed by atoms with Crippen molar-refractivity contribution in [3.63, 3.8) is 0 Å². The number of nitrogens with one attached hydrogen (secondary N) is 1. The van der Waals surface area contributed by atoms with Crippen molar-refractivity contribution in [3.8, 4) is 5.75 Å². The predicted molar refractivity (Wildman–Crippen MR) is 106 cm³/mol. The first-order valence-electron chi connectivity index (χ1n) is 9.21. The topological polar surface area (TPSA) is 84.9 Å². The summed E-state index contributed by atoms with van der Waals surface area (Å²) in [7, 11) is 1.59. The van der Waals surface area contributed by atoms with E-state index in [-0.39, 0.29) is 12.6 Å². The molecule has 1 aliphatic heterocycles. The van der Waals surface area contributed by atoms with Crippen LogP contribution in [0.3, 0.4) is 0 Å². The second kappa shape index (κ2) is 8.60. The number of ether oxygens (including phenoxy) is 2. The molecule has 0 spiro atoms. The average Bonchev–Trinajstić information content (AvgIpc) is 2.73. The molecule has 2 amide bonds. The predicted octanol–water partition coefficient (Wildman–Crippen LogP) is 3.44. The molecule has 7 nitrogen and oxygen atoms in total. The fraction of sp³-hybridized carbons (Fsp3) is 0.227. The minimum atomic E-state index is -0.656. The number of amides is 2. The standard InChI is InChI=1S/C22H22N2O5/c1-4-28-21(26)18-14(2)24(3)22(27)23-19(18)15-10-12-17(13-11-15)29-20(25)16-8-6-5-7-9-16/h5-13,19H,4H2,1-3H3,(H,23,27). The highest BCUT2D eigenvalue weighted by molar-refractivity contribution is 5.95. The Morgan fingerprint density at radius 3 is 2.31 bits per heavy atom. The second-order valence-corrected chi connectivity index (χ2v) is 6.49. The molecule has 1 N–H and O–H groups in total. The van der Waals surface area contributed by atoms with Crippen LogP contribution in [0.5, 0.6) is 5.75 Å². The highest BCUT2D eigenvalue weighted by atomic mass is 16.5. The molecule has 0 saturated carbocycles. The van der Waals surface area contributed by atoms with E-state index in [4.69, 9.17) is 9.47 Å². The van der Waals surface area contributed by atoms with E-state index in [9.17, 15) is 14.4 Å². The molecule has 7 heteroatoms. The zero-order valence-corrected chi connectivity index (χ0v) is 16.5. The van der Waals surface area contributed by atoms with Gasteiger partial charge in [-0.25, -0.2) is 14.4 Å². The molecule has 2 aromatic rings. The Morgan fingerprint density at radius 1 is 1.03 bits per heavy atom. The molecule has 29 heavy (non-hydrogen) atoms. The molecule has 150 valence electrons. The first kappa shape index (κ1) is 20.1. The molecule has 0 fully saturated rings.